The summed E-state index contributed by atoms with van der Waals surface area (Å²) in [5, 5.41) is 6.29. The molecule has 0 saturated carbocycles. The van der Waals surface area contributed by atoms with Crippen LogP contribution in [0.25, 0.3) is 0 Å². The van der Waals surface area contributed by atoms with Gasteiger partial charge in [-0.25, -0.2) is 0 Å². The SMILES string of the molecule is COc1ccccc1CNC(=O)c1ccon1. The summed E-state index contributed by atoms with van der Waals surface area (Å²) < 4.78 is 9.78. The minimum absolute atomic E-state index is 0.264. The van der Waals surface area contributed by atoms with Crippen molar-refractivity contribution in [2.75, 3.05) is 7.11 Å². The molecule has 0 fully saturated rings. The largest absolute Gasteiger partial charge is 0.496 e. The van der Waals surface area contributed by atoms with E-state index in [9.17, 15) is 4.79 Å². The first-order valence-corrected chi connectivity index (χ1v) is 5.11. The molecule has 88 valence electrons. The first-order chi connectivity index (χ1) is 8.31. The molecule has 0 aliphatic rings. The summed E-state index contributed by atoms with van der Waals surface area (Å²) in [5.41, 5.74) is 1.17. The van der Waals surface area contributed by atoms with Gasteiger partial charge in [0.05, 0.1) is 7.11 Å². The number of hydrogen-bond donors (Lipinski definition) is 1. The van der Waals surface area contributed by atoms with Crippen LogP contribution in [-0.2, 0) is 6.54 Å². The van der Waals surface area contributed by atoms with E-state index in [0.29, 0.717) is 6.54 Å². The lowest BCUT2D eigenvalue weighted by Crippen LogP contribution is -2.23. The predicted octanol–water partition coefficient (Wildman–Crippen LogP) is 1.61. The maximum Gasteiger partial charge on any atom is 0.273 e. The zero-order valence-electron chi connectivity index (χ0n) is 9.34. The Morgan fingerprint density at radius 1 is 1.41 bits per heavy atom. The van der Waals surface area contributed by atoms with E-state index in [1.165, 1.54) is 12.3 Å². The third-order valence-corrected chi connectivity index (χ3v) is 2.30. The highest BCUT2D eigenvalue weighted by Gasteiger charge is 2.09. The van der Waals surface area contributed by atoms with Crippen molar-refractivity contribution in [1.82, 2.24) is 10.5 Å². The molecular weight excluding hydrogens is 220 g/mol. The number of carbonyl (C=O) groups is 1. The number of hydrogen-bond acceptors (Lipinski definition) is 4. The molecule has 1 amide bonds. The van der Waals surface area contributed by atoms with Crippen LogP contribution in [-0.4, -0.2) is 18.2 Å². The highest BCUT2D eigenvalue weighted by atomic mass is 16.5. The van der Waals surface area contributed by atoms with E-state index < -0.39 is 0 Å². The Balaban J connectivity index is 2.00. The monoisotopic (exact) mass is 232 g/mol. The van der Waals surface area contributed by atoms with Crippen molar-refractivity contribution >= 4 is 5.91 Å². The first kappa shape index (κ1) is 11.2. The topological polar surface area (TPSA) is 64.4 Å². The quantitative estimate of drug-likeness (QED) is 0.869. The summed E-state index contributed by atoms with van der Waals surface area (Å²) in [4.78, 5) is 11.6. The lowest BCUT2D eigenvalue weighted by molar-refractivity contribution is 0.0941. The minimum Gasteiger partial charge on any atom is -0.496 e. The number of rotatable bonds is 4. The van der Waals surface area contributed by atoms with Gasteiger partial charge in [0.1, 0.15) is 12.0 Å². The van der Waals surface area contributed by atoms with Gasteiger partial charge >= 0.3 is 0 Å². The van der Waals surface area contributed by atoms with Crippen molar-refractivity contribution in [2.24, 2.45) is 0 Å². The number of ether oxygens (including phenoxy) is 1. The highest BCUT2D eigenvalue weighted by molar-refractivity contribution is 5.91. The molecule has 2 rings (SSSR count). The molecule has 17 heavy (non-hydrogen) atoms. The van der Waals surface area contributed by atoms with Gasteiger partial charge in [-0.3, -0.25) is 4.79 Å². The second kappa shape index (κ2) is 5.16. The molecule has 0 unspecified atom stereocenters. The fraction of sp³-hybridized carbons (Fsp3) is 0.167. The molecule has 1 aromatic heterocycles. The van der Waals surface area contributed by atoms with Crippen LogP contribution in [0.15, 0.2) is 41.1 Å². The van der Waals surface area contributed by atoms with E-state index >= 15 is 0 Å². The van der Waals surface area contributed by atoms with Crippen molar-refractivity contribution in [3.8, 4) is 5.75 Å². The average molecular weight is 232 g/mol. The van der Waals surface area contributed by atoms with Crippen LogP contribution >= 0.6 is 0 Å². The summed E-state index contributed by atoms with van der Waals surface area (Å²) in [5.74, 6) is 0.470. The van der Waals surface area contributed by atoms with Crippen LogP contribution in [0.2, 0.25) is 0 Å². The first-order valence-electron chi connectivity index (χ1n) is 5.11. The van der Waals surface area contributed by atoms with Crippen molar-refractivity contribution in [1.29, 1.82) is 0 Å². The Bertz CT molecular complexity index is 494. The van der Waals surface area contributed by atoms with Crippen molar-refractivity contribution in [2.45, 2.75) is 6.54 Å². The number of methoxy groups -OCH3 is 1. The molecule has 1 heterocycles. The molecule has 2 aromatic rings. The second-order valence-electron chi connectivity index (χ2n) is 3.38. The fourth-order valence-electron chi connectivity index (χ4n) is 1.44. The predicted molar refractivity (Wildman–Crippen MR) is 60.7 cm³/mol. The van der Waals surface area contributed by atoms with Gasteiger partial charge in [-0.05, 0) is 6.07 Å². The minimum atomic E-state index is -0.273. The van der Waals surface area contributed by atoms with E-state index in [1.54, 1.807) is 7.11 Å². The Morgan fingerprint density at radius 3 is 2.94 bits per heavy atom. The summed E-state index contributed by atoms with van der Waals surface area (Å²) in [6.45, 7) is 0.385. The van der Waals surface area contributed by atoms with E-state index in [1.807, 2.05) is 24.3 Å². The van der Waals surface area contributed by atoms with Gasteiger partial charge in [0.15, 0.2) is 5.69 Å². The van der Waals surface area contributed by atoms with Gasteiger partial charge in [-0.2, -0.15) is 0 Å². The van der Waals surface area contributed by atoms with E-state index in [-0.39, 0.29) is 11.6 Å². The molecule has 5 heteroatoms. The van der Waals surface area contributed by atoms with Crippen molar-refractivity contribution in [3.63, 3.8) is 0 Å². The molecule has 0 aliphatic heterocycles. The number of aromatic nitrogens is 1. The lowest BCUT2D eigenvalue weighted by atomic mass is 10.2. The Hall–Kier alpha value is -2.30. The number of para-hydroxylation sites is 1. The molecule has 0 bridgehead atoms. The zero-order chi connectivity index (χ0) is 12.1. The van der Waals surface area contributed by atoms with E-state index in [4.69, 9.17) is 4.74 Å². The van der Waals surface area contributed by atoms with Crippen molar-refractivity contribution < 1.29 is 14.1 Å². The highest BCUT2D eigenvalue weighted by Crippen LogP contribution is 2.16. The van der Waals surface area contributed by atoms with Gasteiger partial charge in [0.25, 0.3) is 5.91 Å². The molecule has 1 N–H and O–H groups in total. The third kappa shape index (κ3) is 2.63. The summed E-state index contributed by atoms with van der Waals surface area (Å²) in [6.07, 6.45) is 1.36. The van der Waals surface area contributed by atoms with Gasteiger partial charge in [0, 0.05) is 18.2 Å². The lowest BCUT2D eigenvalue weighted by Gasteiger charge is -2.08. The smallest absolute Gasteiger partial charge is 0.273 e. The third-order valence-electron chi connectivity index (χ3n) is 2.30. The van der Waals surface area contributed by atoms with Gasteiger partial charge < -0.3 is 14.6 Å². The molecule has 0 aliphatic carbocycles. The molecule has 0 saturated heterocycles. The van der Waals surface area contributed by atoms with Crippen LogP contribution in [0.3, 0.4) is 0 Å². The fourth-order valence-corrected chi connectivity index (χ4v) is 1.44. The molecule has 5 nitrogen and oxygen atoms in total. The van der Waals surface area contributed by atoms with Gasteiger partial charge in [-0.1, -0.05) is 23.4 Å². The summed E-state index contributed by atoms with van der Waals surface area (Å²) in [6, 6.07) is 9.01. The molecule has 0 atom stereocenters. The maximum atomic E-state index is 11.6. The average Bonchev–Trinajstić information content (AvgIpc) is 2.90. The van der Waals surface area contributed by atoms with E-state index in [2.05, 4.69) is 15.0 Å². The molecule has 1 aromatic carbocycles. The number of nitrogens with zero attached hydrogens (tertiary/aromatic N) is 1. The second-order valence-corrected chi connectivity index (χ2v) is 3.38. The van der Waals surface area contributed by atoms with Crippen LogP contribution in [0.1, 0.15) is 16.1 Å². The van der Waals surface area contributed by atoms with Crippen LogP contribution in [0.5, 0.6) is 5.75 Å². The molecular formula is C12H12N2O3. The van der Waals surface area contributed by atoms with Crippen LogP contribution in [0.4, 0.5) is 0 Å². The number of amides is 1. The summed E-state index contributed by atoms with van der Waals surface area (Å²) >= 11 is 0. The number of benzene rings is 1. The normalized spacial score (nSPS) is 9.94. The Morgan fingerprint density at radius 2 is 2.24 bits per heavy atom. The van der Waals surface area contributed by atoms with Crippen LogP contribution < -0.4 is 10.1 Å². The van der Waals surface area contributed by atoms with E-state index in [0.717, 1.165) is 11.3 Å². The molecule has 0 radical (unpaired) electrons. The summed E-state index contributed by atoms with van der Waals surface area (Å²) in [7, 11) is 1.60. The number of nitrogens with one attached hydrogen (secondary N) is 1. The Kier molecular flexibility index (Phi) is 3.40. The van der Waals surface area contributed by atoms with Crippen LogP contribution in [0, 0.1) is 0 Å². The van der Waals surface area contributed by atoms with Crippen molar-refractivity contribution in [3.05, 3.63) is 47.9 Å². The van der Waals surface area contributed by atoms with Gasteiger partial charge in [0.2, 0.25) is 0 Å². The zero-order valence-corrected chi connectivity index (χ0v) is 9.34. The molecule has 0 spiro atoms. The Labute approximate surface area is 98.4 Å². The van der Waals surface area contributed by atoms with Gasteiger partial charge in [-0.15, -0.1) is 0 Å². The number of carbonyl (C=O) groups excluding carboxylic acids is 1. The standard InChI is InChI=1S/C12H12N2O3/c1-16-11-5-3-2-4-9(11)8-13-12(15)10-6-7-17-14-10/h2-7H,8H2,1H3,(H,13,15). The maximum absolute atomic E-state index is 11.6.